The molecule has 0 spiro atoms. The summed E-state index contributed by atoms with van der Waals surface area (Å²) in [6, 6.07) is 5.95. The number of halogens is 1. The van der Waals surface area contributed by atoms with E-state index in [1.165, 1.54) is 0 Å². The molecule has 4 heteroatoms. The van der Waals surface area contributed by atoms with Crippen molar-refractivity contribution in [3.8, 4) is 0 Å². The molecule has 2 N–H and O–H groups in total. The van der Waals surface area contributed by atoms with E-state index in [1.54, 1.807) is 0 Å². The molecule has 1 heterocycles. The smallest absolute Gasteiger partial charge is 0.0789 e. The summed E-state index contributed by atoms with van der Waals surface area (Å²) in [5, 5.41) is 0.696. The van der Waals surface area contributed by atoms with E-state index in [1.807, 2.05) is 25.2 Å². The highest BCUT2D eigenvalue weighted by molar-refractivity contribution is 6.34. The number of hydrogen-bond donors (Lipinski definition) is 1. The molecule has 1 aromatic rings. The number of rotatable bonds is 2. The lowest BCUT2D eigenvalue weighted by atomic mass is 10.1. The molecule has 1 aromatic carbocycles. The maximum atomic E-state index is 6.19. The molecule has 0 bridgehead atoms. The van der Waals surface area contributed by atoms with E-state index >= 15 is 0 Å². The predicted octanol–water partition coefficient (Wildman–Crippen LogP) is 2.54. The maximum absolute atomic E-state index is 6.19. The topological polar surface area (TPSA) is 38.5 Å². The van der Waals surface area contributed by atoms with Crippen molar-refractivity contribution in [2.24, 2.45) is 0 Å². The molecule has 0 amide bonds. The first-order valence-electron chi connectivity index (χ1n) is 5.49. The molecule has 2 atom stereocenters. The number of anilines is 2. The predicted molar refractivity (Wildman–Crippen MR) is 68.1 cm³/mol. The summed E-state index contributed by atoms with van der Waals surface area (Å²) in [7, 11) is 2.02. The highest BCUT2D eigenvalue weighted by atomic mass is 35.5. The van der Waals surface area contributed by atoms with E-state index < -0.39 is 0 Å². The normalized spacial score (nSPS) is 24.7. The van der Waals surface area contributed by atoms with Crippen LogP contribution in [0.2, 0.25) is 5.02 Å². The number of benzene rings is 1. The second-order valence-corrected chi connectivity index (χ2v) is 4.63. The Hall–Kier alpha value is -0.930. The Morgan fingerprint density at radius 1 is 1.50 bits per heavy atom. The van der Waals surface area contributed by atoms with Gasteiger partial charge in [0.1, 0.15) is 0 Å². The van der Waals surface area contributed by atoms with Gasteiger partial charge in [0, 0.05) is 13.7 Å². The largest absolute Gasteiger partial charge is 0.397 e. The van der Waals surface area contributed by atoms with Crippen LogP contribution in [0.25, 0.3) is 0 Å². The third kappa shape index (κ3) is 1.97. The number of likely N-dealkylation sites (N-methyl/N-ethyl adjacent to an activating group) is 1. The molecule has 2 rings (SSSR count). The van der Waals surface area contributed by atoms with Crippen LogP contribution in [-0.4, -0.2) is 25.8 Å². The summed E-state index contributed by atoms with van der Waals surface area (Å²) in [6.45, 7) is 2.89. The molecule has 0 aromatic heterocycles. The van der Waals surface area contributed by atoms with E-state index in [0.717, 1.165) is 18.7 Å². The standard InChI is InChI=1S/C12H17ClN2O/c1-8-11(6-7-16-8)15(2)12-9(13)4-3-5-10(12)14/h3-5,8,11H,6-7,14H2,1-2H3. The lowest BCUT2D eigenvalue weighted by Crippen LogP contribution is -2.37. The molecule has 3 nitrogen and oxygen atoms in total. The summed E-state index contributed by atoms with van der Waals surface area (Å²) in [4.78, 5) is 2.13. The molecular formula is C12H17ClN2O. The van der Waals surface area contributed by atoms with Gasteiger partial charge in [0.2, 0.25) is 0 Å². The minimum Gasteiger partial charge on any atom is -0.397 e. The van der Waals surface area contributed by atoms with Gasteiger partial charge in [0.15, 0.2) is 0 Å². The van der Waals surface area contributed by atoms with Gasteiger partial charge in [0.25, 0.3) is 0 Å². The first kappa shape index (κ1) is 11.6. The molecule has 1 aliphatic heterocycles. The van der Waals surface area contributed by atoms with Crippen LogP contribution in [0.5, 0.6) is 0 Å². The van der Waals surface area contributed by atoms with Gasteiger partial charge in [0.05, 0.1) is 28.5 Å². The van der Waals surface area contributed by atoms with Gasteiger partial charge in [-0.15, -0.1) is 0 Å². The Kier molecular flexibility index (Phi) is 3.26. The zero-order valence-corrected chi connectivity index (χ0v) is 10.4. The molecule has 88 valence electrons. The van der Waals surface area contributed by atoms with Gasteiger partial charge in [-0.1, -0.05) is 17.7 Å². The molecule has 1 fully saturated rings. The third-order valence-corrected chi connectivity index (χ3v) is 3.51. The van der Waals surface area contributed by atoms with Gasteiger partial charge in [-0.3, -0.25) is 0 Å². The first-order valence-corrected chi connectivity index (χ1v) is 5.87. The fourth-order valence-electron chi connectivity index (χ4n) is 2.30. The summed E-state index contributed by atoms with van der Waals surface area (Å²) >= 11 is 6.19. The average molecular weight is 241 g/mol. The van der Waals surface area contributed by atoms with E-state index in [4.69, 9.17) is 22.1 Å². The number of nitrogens with two attached hydrogens (primary N) is 1. The Morgan fingerprint density at radius 2 is 2.25 bits per heavy atom. The van der Waals surface area contributed by atoms with Crippen LogP contribution < -0.4 is 10.6 Å². The first-order chi connectivity index (χ1) is 7.61. The molecule has 0 saturated carbocycles. The Labute approximate surface area is 101 Å². The van der Waals surface area contributed by atoms with Crippen LogP contribution >= 0.6 is 11.6 Å². The van der Waals surface area contributed by atoms with Gasteiger partial charge in [-0.25, -0.2) is 0 Å². The maximum Gasteiger partial charge on any atom is 0.0789 e. The van der Waals surface area contributed by atoms with Crippen molar-refractivity contribution >= 4 is 23.0 Å². The molecule has 1 aliphatic rings. The molecule has 16 heavy (non-hydrogen) atoms. The van der Waals surface area contributed by atoms with E-state index in [9.17, 15) is 0 Å². The second kappa shape index (κ2) is 4.52. The quantitative estimate of drug-likeness (QED) is 0.808. The monoisotopic (exact) mass is 240 g/mol. The number of para-hydroxylation sites is 1. The Balaban J connectivity index is 2.29. The van der Waals surface area contributed by atoms with Gasteiger partial charge in [-0.05, 0) is 25.5 Å². The molecule has 1 saturated heterocycles. The zero-order chi connectivity index (χ0) is 11.7. The number of nitrogen functional groups attached to an aromatic ring is 1. The second-order valence-electron chi connectivity index (χ2n) is 4.22. The Bertz CT molecular complexity index is 363. The van der Waals surface area contributed by atoms with Crippen LogP contribution in [0.3, 0.4) is 0 Å². The molecular weight excluding hydrogens is 224 g/mol. The van der Waals surface area contributed by atoms with E-state index in [-0.39, 0.29) is 6.10 Å². The zero-order valence-electron chi connectivity index (χ0n) is 9.61. The van der Waals surface area contributed by atoms with Crippen molar-refractivity contribution in [2.75, 3.05) is 24.3 Å². The number of nitrogens with zero attached hydrogens (tertiary/aromatic N) is 1. The van der Waals surface area contributed by atoms with Crippen molar-refractivity contribution in [1.29, 1.82) is 0 Å². The summed E-state index contributed by atoms with van der Waals surface area (Å²) < 4.78 is 5.56. The van der Waals surface area contributed by atoms with E-state index in [0.29, 0.717) is 16.8 Å². The minimum absolute atomic E-state index is 0.223. The summed E-state index contributed by atoms with van der Waals surface area (Å²) in [5.74, 6) is 0. The fraction of sp³-hybridized carbons (Fsp3) is 0.500. The average Bonchev–Trinajstić information content (AvgIpc) is 2.64. The van der Waals surface area contributed by atoms with Crippen molar-refractivity contribution in [1.82, 2.24) is 0 Å². The highest BCUT2D eigenvalue weighted by Crippen LogP contribution is 2.34. The van der Waals surface area contributed by atoms with Crippen LogP contribution in [-0.2, 0) is 4.74 Å². The number of hydrogen-bond acceptors (Lipinski definition) is 3. The lowest BCUT2D eigenvalue weighted by Gasteiger charge is -2.30. The fourth-order valence-corrected chi connectivity index (χ4v) is 2.61. The van der Waals surface area contributed by atoms with Crippen LogP contribution in [0.15, 0.2) is 18.2 Å². The van der Waals surface area contributed by atoms with Crippen molar-refractivity contribution in [2.45, 2.75) is 25.5 Å². The summed E-state index contributed by atoms with van der Waals surface area (Å²) in [5.41, 5.74) is 7.59. The van der Waals surface area contributed by atoms with Crippen LogP contribution in [0.4, 0.5) is 11.4 Å². The van der Waals surface area contributed by atoms with Gasteiger partial charge < -0.3 is 15.4 Å². The van der Waals surface area contributed by atoms with Crippen molar-refractivity contribution in [3.63, 3.8) is 0 Å². The van der Waals surface area contributed by atoms with Crippen LogP contribution in [0.1, 0.15) is 13.3 Å². The minimum atomic E-state index is 0.223. The Morgan fingerprint density at radius 3 is 2.81 bits per heavy atom. The molecule has 0 radical (unpaired) electrons. The van der Waals surface area contributed by atoms with E-state index in [2.05, 4.69) is 11.8 Å². The lowest BCUT2D eigenvalue weighted by molar-refractivity contribution is 0.118. The van der Waals surface area contributed by atoms with Crippen LogP contribution in [0, 0.1) is 0 Å². The number of ether oxygens (including phenoxy) is 1. The van der Waals surface area contributed by atoms with Crippen molar-refractivity contribution in [3.05, 3.63) is 23.2 Å². The highest BCUT2D eigenvalue weighted by Gasteiger charge is 2.29. The molecule has 2 unspecified atom stereocenters. The molecule has 0 aliphatic carbocycles. The third-order valence-electron chi connectivity index (χ3n) is 3.20. The van der Waals surface area contributed by atoms with Gasteiger partial charge >= 0.3 is 0 Å². The van der Waals surface area contributed by atoms with Crippen molar-refractivity contribution < 1.29 is 4.74 Å². The van der Waals surface area contributed by atoms with Gasteiger partial charge in [-0.2, -0.15) is 0 Å². The SMILES string of the molecule is CC1OCCC1N(C)c1c(N)cccc1Cl. The summed E-state index contributed by atoms with van der Waals surface area (Å²) in [6.07, 6.45) is 1.24.